The maximum absolute atomic E-state index is 13.3. The predicted molar refractivity (Wildman–Crippen MR) is 143 cm³/mol. The number of hydrogen-bond donors (Lipinski definition) is 0. The third kappa shape index (κ3) is 5.74. The van der Waals surface area contributed by atoms with Crippen LogP contribution in [0.5, 0.6) is 5.75 Å². The van der Waals surface area contributed by atoms with E-state index in [1.54, 1.807) is 30.3 Å². The van der Waals surface area contributed by atoms with Crippen LogP contribution < -0.4 is 10.3 Å². The normalized spacial score (nSPS) is 12.4. The van der Waals surface area contributed by atoms with Crippen molar-refractivity contribution in [1.82, 2.24) is 9.66 Å². The van der Waals surface area contributed by atoms with Gasteiger partial charge in [-0.25, -0.2) is 9.37 Å². The molecule has 0 aliphatic heterocycles. The molecule has 0 aliphatic carbocycles. The van der Waals surface area contributed by atoms with Crippen LogP contribution in [0.1, 0.15) is 43.1 Å². The molecule has 0 radical (unpaired) electrons. The number of rotatable bonds is 7. The molecule has 35 heavy (non-hydrogen) atoms. The molecule has 0 spiro atoms. The zero-order valence-electron chi connectivity index (χ0n) is 18.9. The predicted octanol–water partition coefficient (Wildman–Crippen LogP) is 7.58. The van der Waals surface area contributed by atoms with Crippen LogP contribution >= 0.6 is 39.1 Å². The molecule has 1 atom stereocenters. The van der Waals surface area contributed by atoms with E-state index >= 15 is 0 Å². The standard InChI is InChI=1S/C26H21BrCl2FN3O2/c1-3-15(2)25-32-23-9-6-18(27)12-20(23)26(34)33(25)31-13-17-10-21(28)24(22(29)11-17)35-14-16-4-7-19(30)8-5-16/h4-13,15H,3,14H2,1-2H3/t15-/m1/s1. The second kappa shape index (κ2) is 10.9. The Labute approximate surface area is 220 Å². The molecule has 0 saturated heterocycles. The lowest BCUT2D eigenvalue weighted by Crippen LogP contribution is -2.23. The summed E-state index contributed by atoms with van der Waals surface area (Å²) in [6, 6.07) is 14.7. The molecule has 0 fully saturated rings. The zero-order chi connectivity index (χ0) is 25.1. The van der Waals surface area contributed by atoms with Gasteiger partial charge in [0.25, 0.3) is 5.56 Å². The third-order valence-corrected chi connectivity index (χ3v) is 6.58. The SMILES string of the molecule is CC[C@@H](C)c1nc2ccc(Br)cc2c(=O)n1N=Cc1cc(Cl)c(OCc2ccc(F)cc2)c(Cl)c1. The Kier molecular flexibility index (Phi) is 7.89. The maximum Gasteiger partial charge on any atom is 0.282 e. The Morgan fingerprint density at radius 1 is 1.14 bits per heavy atom. The Hall–Kier alpha value is -2.74. The van der Waals surface area contributed by atoms with Gasteiger partial charge < -0.3 is 4.74 Å². The smallest absolute Gasteiger partial charge is 0.282 e. The van der Waals surface area contributed by atoms with Crippen LogP contribution in [0.2, 0.25) is 10.0 Å². The van der Waals surface area contributed by atoms with Crippen molar-refractivity contribution in [3.8, 4) is 5.75 Å². The van der Waals surface area contributed by atoms with E-state index in [0.717, 1.165) is 16.5 Å². The van der Waals surface area contributed by atoms with Gasteiger partial charge in [0, 0.05) is 10.4 Å². The number of benzene rings is 3. The van der Waals surface area contributed by atoms with Gasteiger partial charge in [0.05, 0.1) is 27.2 Å². The van der Waals surface area contributed by atoms with Crippen molar-refractivity contribution in [2.45, 2.75) is 32.8 Å². The Morgan fingerprint density at radius 3 is 2.49 bits per heavy atom. The summed E-state index contributed by atoms with van der Waals surface area (Å²) in [5, 5.41) is 5.48. The second-order valence-electron chi connectivity index (χ2n) is 8.03. The first-order valence-electron chi connectivity index (χ1n) is 10.9. The number of hydrogen-bond acceptors (Lipinski definition) is 4. The quantitative estimate of drug-likeness (QED) is 0.213. The maximum atomic E-state index is 13.3. The number of ether oxygens (including phenoxy) is 1. The minimum Gasteiger partial charge on any atom is -0.486 e. The molecule has 0 bridgehead atoms. The molecule has 1 aromatic heterocycles. The summed E-state index contributed by atoms with van der Waals surface area (Å²) in [6.45, 7) is 4.21. The Bertz CT molecular complexity index is 1450. The van der Waals surface area contributed by atoms with Gasteiger partial charge in [0.1, 0.15) is 18.2 Å². The van der Waals surface area contributed by atoms with Crippen LogP contribution in [-0.4, -0.2) is 15.9 Å². The van der Waals surface area contributed by atoms with Crippen LogP contribution in [-0.2, 0) is 6.61 Å². The zero-order valence-corrected chi connectivity index (χ0v) is 22.0. The highest BCUT2D eigenvalue weighted by atomic mass is 79.9. The summed E-state index contributed by atoms with van der Waals surface area (Å²) < 4.78 is 21.0. The summed E-state index contributed by atoms with van der Waals surface area (Å²) in [4.78, 5) is 18.0. The summed E-state index contributed by atoms with van der Waals surface area (Å²) in [7, 11) is 0. The van der Waals surface area contributed by atoms with E-state index in [2.05, 4.69) is 21.0 Å². The van der Waals surface area contributed by atoms with Crippen molar-refractivity contribution in [2.24, 2.45) is 5.10 Å². The van der Waals surface area contributed by atoms with Gasteiger partial charge >= 0.3 is 0 Å². The van der Waals surface area contributed by atoms with Gasteiger partial charge in [0.2, 0.25) is 0 Å². The molecule has 3 aromatic carbocycles. The first-order valence-corrected chi connectivity index (χ1v) is 12.4. The molecule has 5 nitrogen and oxygen atoms in total. The monoisotopic (exact) mass is 575 g/mol. The highest BCUT2D eigenvalue weighted by Gasteiger charge is 2.16. The Balaban J connectivity index is 1.66. The highest BCUT2D eigenvalue weighted by Crippen LogP contribution is 2.34. The average Bonchev–Trinajstić information content (AvgIpc) is 2.83. The number of fused-ring (bicyclic) bond motifs is 1. The van der Waals surface area contributed by atoms with E-state index in [9.17, 15) is 9.18 Å². The van der Waals surface area contributed by atoms with E-state index in [-0.39, 0.29) is 33.9 Å². The van der Waals surface area contributed by atoms with Crippen molar-refractivity contribution >= 4 is 56.2 Å². The molecule has 4 aromatic rings. The van der Waals surface area contributed by atoms with E-state index < -0.39 is 0 Å². The summed E-state index contributed by atoms with van der Waals surface area (Å²) in [5.74, 6) is 0.574. The van der Waals surface area contributed by atoms with Gasteiger partial charge in [0.15, 0.2) is 5.75 Å². The van der Waals surface area contributed by atoms with Crippen molar-refractivity contribution in [1.29, 1.82) is 0 Å². The van der Waals surface area contributed by atoms with Crippen molar-refractivity contribution in [3.63, 3.8) is 0 Å². The van der Waals surface area contributed by atoms with Gasteiger partial charge in [-0.2, -0.15) is 9.78 Å². The minimum absolute atomic E-state index is 0.0160. The van der Waals surface area contributed by atoms with Crippen molar-refractivity contribution in [3.05, 3.63) is 102 Å². The Morgan fingerprint density at radius 2 is 1.83 bits per heavy atom. The lowest BCUT2D eigenvalue weighted by molar-refractivity contribution is 0.306. The fourth-order valence-electron chi connectivity index (χ4n) is 3.43. The molecule has 4 rings (SSSR count). The molecule has 0 amide bonds. The lowest BCUT2D eigenvalue weighted by Gasteiger charge is -2.14. The van der Waals surface area contributed by atoms with E-state index in [4.69, 9.17) is 32.9 Å². The van der Waals surface area contributed by atoms with Crippen LogP contribution in [0.4, 0.5) is 4.39 Å². The van der Waals surface area contributed by atoms with Gasteiger partial charge in [-0.3, -0.25) is 4.79 Å². The largest absolute Gasteiger partial charge is 0.486 e. The molecule has 9 heteroatoms. The topological polar surface area (TPSA) is 56.5 Å². The molecule has 0 unspecified atom stereocenters. The lowest BCUT2D eigenvalue weighted by atomic mass is 10.1. The van der Waals surface area contributed by atoms with Crippen molar-refractivity contribution in [2.75, 3.05) is 0 Å². The summed E-state index contributed by atoms with van der Waals surface area (Å²) in [6.07, 6.45) is 2.31. The van der Waals surface area contributed by atoms with E-state index in [0.29, 0.717) is 28.0 Å². The van der Waals surface area contributed by atoms with E-state index in [1.807, 2.05) is 26.0 Å². The molecule has 180 valence electrons. The minimum atomic E-state index is -0.321. The van der Waals surface area contributed by atoms with Gasteiger partial charge in [-0.1, -0.05) is 65.1 Å². The van der Waals surface area contributed by atoms with Crippen molar-refractivity contribution < 1.29 is 9.13 Å². The van der Waals surface area contributed by atoms with Gasteiger partial charge in [-0.15, -0.1) is 0 Å². The number of aromatic nitrogens is 2. The molecule has 0 aliphatic rings. The van der Waals surface area contributed by atoms with Crippen LogP contribution in [0.15, 0.2) is 69.0 Å². The molecular weight excluding hydrogens is 556 g/mol. The highest BCUT2D eigenvalue weighted by molar-refractivity contribution is 9.10. The molecular formula is C26H21BrCl2FN3O2. The second-order valence-corrected chi connectivity index (χ2v) is 9.76. The van der Waals surface area contributed by atoms with Crippen LogP contribution in [0.3, 0.4) is 0 Å². The summed E-state index contributed by atoms with van der Waals surface area (Å²) in [5.41, 5.74) is 1.72. The first-order chi connectivity index (χ1) is 16.8. The number of nitrogens with zero attached hydrogens (tertiary/aromatic N) is 3. The third-order valence-electron chi connectivity index (χ3n) is 5.53. The van der Waals surface area contributed by atoms with Crippen LogP contribution in [0, 0.1) is 5.82 Å². The van der Waals surface area contributed by atoms with Crippen LogP contribution in [0.25, 0.3) is 10.9 Å². The van der Waals surface area contributed by atoms with Gasteiger partial charge in [-0.05, 0) is 60.0 Å². The average molecular weight is 577 g/mol. The number of halogens is 4. The van der Waals surface area contributed by atoms with E-state index in [1.165, 1.54) is 23.0 Å². The molecule has 1 heterocycles. The fraction of sp³-hybridized carbons (Fsp3) is 0.192. The molecule has 0 N–H and O–H groups in total. The summed E-state index contributed by atoms with van der Waals surface area (Å²) >= 11 is 16.3. The fourth-order valence-corrected chi connectivity index (χ4v) is 4.41. The first kappa shape index (κ1) is 25.4. The molecule has 0 saturated carbocycles.